The van der Waals surface area contributed by atoms with E-state index in [1.165, 1.54) is 17.7 Å². The molecule has 0 radical (unpaired) electrons. The van der Waals surface area contributed by atoms with Gasteiger partial charge in [0, 0.05) is 28.8 Å². The number of nitrogens with zero attached hydrogens (tertiary/aromatic N) is 2. The Labute approximate surface area is 127 Å². The van der Waals surface area contributed by atoms with Crippen molar-refractivity contribution in [3.63, 3.8) is 0 Å². The topological polar surface area (TPSA) is 53.4 Å². The molecule has 4 nitrogen and oxygen atoms in total. The molecule has 0 bridgehead atoms. The van der Waals surface area contributed by atoms with Gasteiger partial charge in [-0.05, 0) is 42.5 Å². The molecule has 21 heavy (non-hydrogen) atoms. The van der Waals surface area contributed by atoms with E-state index in [2.05, 4.69) is 27.4 Å². The lowest BCUT2D eigenvalue weighted by molar-refractivity contribution is -0.131. The third kappa shape index (κ3) is 3.49. The van der Waals surface area contributed by atoms with Crippen molar-refractivity contribution in [1.29, 1.82) is 0 Å². The molecular formula is C16H16N2O2S. The van der Waals surface area contributed by atoms with Crippen LogP contribution in [0.25, 0.3) is 6.08 Å². The molecule has 108 valence electrons. The fourth-order valence-corrected chi connectivity index (χ4v) is 2.98. The van der Waals surface area contributed by atoms with Crippen LogP contribution in [0.1, 0.15) is 23.3 Å². The second kappa shape index (κ2) is 6.10. The van der Waals surface area contributed by atoms with Gasteiger partial charge in [0.15, 0.2) is 0 Å². The van der Waals surface area contributed by atoms with E-state index in [0.717, 1.165) is 24.0 Å². The highest BCUT2D eigenvalue weighted by atomic mass is 32.1. The van der Waals surface area contributed by atoms with Gasteiger partial charge in [-0.3, -0.25) is 0 Å². The van der Waals surface area contributed by atoms with E-state index >= 15 is 0 Å². The number of hydrogen-bond donors (Lipinski definition) is 1. The molecule has 0 atom stereocenters. The molecule has 0 amide bonds. The van der Waals surface area contributed by atoms with E-state index < -0.39 is 5.97 Å². The Morgan fingerprint density at radius 3 is 2.95 bits per heavy atom. The fourth-order valence-electron chi connectivity index (χ4n) is 2.27. The number of pyridine rings is 1. The van der Waals surface area contributed by atoms with Crippen LogP contribution in [0.3, 0.4) is 0 Å². The Morgan fingerprint density at radius 1 is 1.43 bits per heavy atom. The lowest BCUT2D eigenvalue weighted by Crippen LogP contribution is -2.26. The average Bonchev–Trinajstić information content (AvgIpc) is 3.20. The third-order valence-corrected chi connectivity index (χ3v) is 4.25. The Kier molecular flexibility index (Phi) is 4.01. The number of thiophene rings is 1. The Morgan fingerprint density at radius 2 is 2.29 bits per heavy atom. The van der Waals surface area contributed by atoms with Gasteiger partial charge in [0.05, 0.1) is 6.54 Å². The largest absolute Gasteiger partial charge is 0.478 e. The molecule has 3 rings (SSSR count). The molecule has 1 fully saturated rings. The van der Waals surface area contributed by atoms with E-state index in [9.17, 15) is 4.79 Å². The van der Waals surface area contributed by atoms with Crippen molar-refractivity contribution in [2.45, 2.75) is 25.4 Å². The number of hydrogen-bond acceptors (Lipinski definition) is 4. The Balaban J connectivity index is 1.90. The molecule has 1 aliphatic rings. The van der Waals surface area contributed by atoms with E-state index in [1.54, 1.807) is 23.6 Å². The van der Waals surface area contributed by atoms with Gasteiger partial charge < -0.3 is 10.0 Å². The normalized spacial score (nSPS) is 14.5. The van der Waals surface area contributed by atoms with Gasteiger partial charge in [-0.25, -0.2) is 9.78 Å². The first kappa shape index (κ1) is 13.8. The van der Waals surface area contributed by atoms with Crippen molar-refractivity contribution in [3.05, 3.63) is 52.4 Å². The summed E-state index contributed by atoms with van der Waals surface area (Å²) in [4.78, 5) is 18.8. The standard InChI is InChI=1S/C16H16N2O2S/c19-15(20)8-5-12-3-1-9-17-16(12)18(13-6-7-13)11-14-4-2-10-21-14/h1-5,8-10,13H,6-7,11H2,(H,19,20)/b8-5+. The summed E-state index contributed by atoms with van der Waals surface area (Å²) in [6, 6.07) is 8.43. The van der Waals surface area contributed by atoms with Gasteiger partial charge in [-0.15, -0.1) is 11.3 Å². The zero-order valence-electron chi connectivity index (χ0n) is 11.5. The highest BCUT2D eigenvalue weighted by Gasteiger charge is 2.31. The molecule has 0 aromatic carbocycles. The molecule has 1 aliphatic carbocycles. The average molecular weight is 300 g/mol. The number of aliphatic carboxylic acids is 1. The van der Waals surface area contributed by atoms with E-state index in [-0.39, 0.29) is 0 Å². The van der Waals surface area contributed by atoms with Crippen molar-refractivity contribution in [3.8, 4) is 0 Å². The quantitative estimate of drug-likeness (QED) is 0.831. The van der Waals surface area contributed by atoms with Crippen LogP contribution < -0.4 is 4.90 Å². The van der Waals surface area contributed by atoms with Crippen LogP contribution in [-0.4, -0.2) is 22.1 Å². The maximum absolute atomic E-state index is 10.7. The molecule has 0 aliphatic heterocycles. The zero-order valence-corrected chi connectivity index (χ0v) is 12.3. The summed E-state index contributed by atoms with van der Waals surface area (Å²) < 4.78 is 0. The SMILES string of the molecule is O=C(O)/C=C/c1cccnc1N(Cc1cccs1)C1CC1. The second-order valence-electron chi connectivity index (χ2n) is 5.03. The third-order valence-electron chi connectivity index (χ3n) is 3.39. The maximum Gasteiger partial charge on any atom is 0.328 e. The summed E-state index contributed by atoms with van der Waals surface area (Å²) in [5, 5.41) is 10.9. The molecule has 1 N–H and O–H groups in total. The minimum absolute atomic E-state index is 0.513. The summed E-state index contributed by atoms with van der Waals surface area (Å²) in [5.41, 5.74) is 0.850. The zero-order chi connectivity index (χ0) is 14.7. The summed E-state index contributed by atoms with van der Waals surface area (Å²) in [6.45, 7) is 0.827. The molecule has 5 heteroatoms. The number of rotatable bonds is 6. The first-order chi connectivity index (χ1) is 10.2. The van der Waals surface area contributed by atoms with Gasteiger partial charge in [-0.1, -0.05) is 6.07 Å². The van der Waals surface area contributed by atoms with Crippen LogP contribution in [0, 0.1) is 0 Å². The molecule has 0 spiro atoms. The van der Waals surface area contributed by atoms with Crippen LogP contribution in [0.2, 0.25) is 0 Å². The number of anilines is 1. The summed E-state index contributed by atoms with van der Waals surface area (Å²) in [5.74, 6) is -0.0769. The van der Waals surface area contributed by atoms with Crippen molar-refractivity contribution in [2.24, 2.45) is 0 Å². The highest BCUT2D eigenvalue weighted by Crippen LogP contribution is 2.34. The van der Waals surface area contributed by atoms with Gasteiger partial charge in [0.25, 0.3) is 0 Å². The smallest absolute Gasteiger partial charge is 0.328 e. The molecule has 0 saturated heterocycles. The minimum atomic E-state index is -0.943. The molecule has 2 heterocycles. The maximum atomic E-state index is 10.7. The van der Waals surface area contributed by atoms with Crippen LogP contribution in [0.15, 0.2) is 41.9 Å². The van der Waals surface area contributed by atoms with Gasteiger partial charge >= 0.3 is 5.97 Å². The Hall–Kier alpha value is -2.14. The number of carboxylic acids is 1. The predicted octanol–water partition coefficient (Wildman–Crippen LogP) is 3.41. The van der Waals surface area contributed by atoms with Gasteiger partial charge in [0.2, 0.25) is 0 Å². The summed E-state index contributed by atoms with van der Waals surface area (Å²) in [7, 11) is 0. The highest BCUT2D eigenvalue weighted by molar-refractivity contribution is 7.09. The lowest BCUT2D eigenvalue weighted by atomic mass is 10.2. The fraction of sp³-hybridized carbons (Fsp3) is 0.250. The van der Waals surface area contributed by atoms with E-state index in [4.69, 9.17) is 5.11 Å². The monoisotopic (exact) mass is 300 g/mol. The van der Waals surface area contributed by atoms with Crippen molar-refractivity contribution < 1.29 is 9.90 Å². The second-order valence-corrected chi connectivity index (χ2v) is 6.06. The van der Waals surface area contributed by atoms with Crippen LogP contribution in [-0.2, 0) is 11.3 Å². The van der Waals surface area contributed by atoms with Crippen molar-refractivity contribution >= 4 is 29.2 Å². The van der Waals surface area contributed by atoms with E-state index in [0.29, 0.717) is 6.04 Å². The minimum Gasteiger partial charge on any atom is -0.478 e. The van der Waals surface area contributed by atoms with Crippen LogP contribution in [0.4, 0.5) is 5.82 Å². The predicted molar refractivity (Wildman–Crippen MR) is 84.4 cm³/mol. The van der Waals surface area contributed by atoms with Gasteiger partial charge in [0.1, 0.15) is 5.82 Å². The Bertz CT molecular complexity index is 648. The first-order valence-corrected chi connectivity index (χ1v) is 7.77. The molecule has 2 aromatic heterocycles. The number of carboxylic acid groups (broad SMARTS) is 1. The number of aromatic nitrogens is 1. The molecule has 2 aromatic rings. The summed E-state index contributed by atoms with van der Waals surface area (Å²) >= 11 is 1.73. The van der Waals surface area contributed by atoms with Gasteiger partial charge in [-0.2, -0.15) is 0 Å². The number of carbonyl (C=O) groups is 1. The lowest BCUT2D eigenvalue weighted by Gasteiger charge is -2.24. The van der Waals surface area contributed by atoms with E-state index in [1.807, 2.05) is 12.1 Å². The molecule has 1 saturated carbocycles. The van der Waals surface area contributed by atoms with Crippen LogP contribution in [0.5, 0.6) is 0 Å². The first-order valence-electron chi connectivity index (χ1n) is 6.89. The van der Waals surface area contributed by atoms with Crippen molar-refractivity contribution in [2.75, 3.05) is 4.90 Å². The molecule has 0 unspecified atom stereocenters. The van der Waals surface area contributed by atoms with Crippen LogP contribution >= 0.6 is 11.3 Å². The summed E-state index contributed by atoms with van der Waals surface area (Å²) in [6.07, 6.45) is 6.89. The van der Waals surface area contributed by atoms with Crippen molar-refractivity contribution in [1.82, 2.24) is 4.98 Å². The molecular weight excluding hydrogens is 284 g/mol.